The minimum atomic E-state index is -3.44. The van der Waals surface area contributed by atoms with Crippen LogP contribution in [0.1, 0.15) is 12.8 Å². The van der Waals surface area contributed by atoms with E-state index in [0.29, 0.717) is 19.4 Å². The molecule has 0 aromatic heterocycles. The van der Waals surface area contributed by atoms with Crippen LogP contribution in [0.3, 0.4) is 0 Å². The molecule has 0 bridgehead atoms. The predicted octanol–water partition coefficient (Wildman–Crippen LogP) is -0.241. The molecule has 0 rings (SSSR count). The van der Waals surface area contributed by atoms with Crippen LogP contribution in [0.2, 0.25) is 0 Å². The Morgan fingerprint density at radius 1 is 1.40 bits per heavy atom. The number of aliphatic carboxylic acids is 1. The molecule has 0 aliphatic rings. The molecule has 0 aliphatic carbocycles. The minimum absolute atomic E-state index is 0.0415. The molecule has 0 aromatic carbocycles. The van der Waals surface area contributed by atoms with Crippen molar-refractivity contribution in [1.82, 2.24) is 4.31 Å². The van der Waals surface area contributed by atoms with Crippen LogP contribution in [0.5, 0.6) is 0 Å². The maximum absolute atomic E-state index is 11.5. The summed E-state index contributed by atoms with van der Waals surface area (Å²) in [5.74, 6) is -1.20. The van der Waals surface area contributed by atoms with E-state index in [1.807, 2.05) is 0 Å². The average molecular weight is 239 g/mol. The largest absolute Gasteiger partial charge is 0.480 e. The summed E-state index contributed by atoms with van der Waals surface area (Å²) in [6.45, 7) is 0.0186. The zero-order chi connectivity index (χ0) is 11.9. The summed E-state index contributed by atoms with van der Waals surface area (Å²) in [5.41, 5.74) is 0. The highest BCUT2D eigenvalue weighted by atomic mass is 32.2. The van der Waals surface area contributed by atoms with Gasteiger partial charge in [0.25, 0.3) is 0 Å². The number of carbonyl (C=O) groups is 1. The number of nitrogens with zero attached hydrogens (tertiary/aromatic N) is 1. The third-order valence-corrected chi connectivity index (χ3v) is 3.72. The number of carboxylic acids is 1. The smallest absolute Gasteiger partial charge is 0.318 e. The van der Waals surface area contributed by atoms with Crippen molar-refractivity contribution in [3.8, 4) is 0 Å². The molecule has 0 spiro atoms. The van der Waals surface area contributed by atoms with Gasteiger partial charge in [-0.1, -0.05) is 0 Å². The van der Waals surface area contributed by atoms with Crippen LogP contribution in [0.25, 0.3) is 0 Å². The lowest BCUT2D eigenvalue weighted by atomic mass is 10.4. The fourth-order valence-electron chi connectivity index (χ4n) is 0.976. The molecule has 6 nitrogen and oxygen atoms in total. The fraction of sp³-hybridized carbons (Fsp3) is 0.875. The van der Waals surface area contributed by atoms with Gasteiger partial charge in [0.1, 0.15) is 6.54 Å². The highest BCUT2D eigenvalue weighted by molar-refractivity contribution is 7.89. The first-order valence-corrected chi connectivity index (χ1v) is 6.16. The van der Waals surface area contributed by atoms with Gasteiger partial charge in [-0.25, -0.2) is 8.42 Å². The van der Waals surface area contributed by atoms with Gasteiger partial charge in [-0.2, -0.15) is 4.31 Å². The predicted molar refractivity (Wildman–Crippen MR) is 55.2 cm³/mol. The summed E-state index contributed by atoms with van der Waals surface area (Å²) in [6.07, 6.45) is 1.12. The second-order valence-corrected chi connectivity index (χ2v) is 5.36. The third-order valence-electron chi connectivity index (χ3n) is 1.83. The lowest BCUT2D eigenvalue weighted by Gasteiger charge is -2.14. The van der Waals surface area contributed by atoms with Gasteiger partial charge in [-0.05, 0) is 12.8 Å². The van der Waals surface area contributed by atoms with E-state index in [1.165, 1.54) is 7.05 Å². The van der Waals surface area contributed by atoms with Gasteiger partial charge in [-0.15, -0.1) is 0 Å². The van der Waals surface area contributed by atoms with Crippen LogP contribution < -0.4 is 0 Å². The highest BCUT2D eigenvalue weighted by Crippen LogP contribution is 2.02. The first-order valence-electron chi connectivity index (χ1n) is 4.55. The van der Waals surface area contributed by atoms with Crippen molar-refractivity contribution in [3.63, 3.8) is 0 Å². The van der Waals surface area contributed by atoms with Crippen LogP contribution in [0.4, 0.5) is 0 Å². The second-order valence-electron chi connectivity index (χ2n) is 3.17. The molecule has 0 saturated carbocycles. The van der Waals surface area contributed by atoms with E-state index >= 15 is 0 Å². The summed E-state index contributed by atoms with van der Waals surface area (Å²) in [5, 5.41) is 8.43. The van der Waals surface area contributed by atoms with Crippen LogP contribution in [0, 0.1) is 0 Å². The second kappa shape index (κ2) is 6.76. The topological polar surface area (TPSA) is 83.9 Å². The zero-order valence-electron chi connectivity index (χ0n) is 8.97. The number of carboxylic acid groups (broad SMARTS) is 1. The van der Waals surface area contributed by atoms with Gasteiger partial charge < -0.3 is 9.84 Å². The van der Waals surface area contributed by atoms with E-state index in [0.717, 1.165) is 4.31 Å². The van der Waals surface area contributed by atoms with E-state index in [-0.39, 0.29) is 5.75 Å². The molecular formula is C8H17NO5S. The molecule has 0 amide bonds. The standard InChI is InChI=1S/C8H17NO5S/c1-9(7-8(10)11)15(12,13)6-4-3-5-14-2/h3-7H2,1-2H3,(H,10,11). The lowest BCUT2D eigenvalue weighted by Crippen LogP contribution is -2.33. The first-order chi connectivity index (χ1) is 6.90. The Bertz CT molecular complexity index is 287. The van der Waals surface area contributed by atoms with Gasteiger partial charge in [0, 0.05) is 20.8 Å². The SMILES string of the molecule is COCCCCS(=O)(=O)N(C)CC(=O)O. The number of likely N-dealkylation sites (N-methyl/N-ethyl adjacent to an activating group) is 1. The van der Waals surface area contributed by atoms with Crippen LogP contribution in [0.15, 0.2) is 0 Å². The lowest BCUT2D eigenvalue weighted by molar-refractivity contribution is -0.137. The molecule has 1 N–H and O–H groups in total. The molecule has 15 heavy (non-hydrogen) atoms. The van der Waals surface area contributed by atoms with Crippen molar-refractivity contribution in [1.29, 1.82) is 0 Å². The van der Waals surface area contributed by atoms with Crippen molar-refractivity contribution in [3.05, 3.63) is 0 Å². The average Bonchev–Trinajstić information content (AvgIpc) is 2.11. The van der Waals surface area contributed by atoms with Crippen LogP contribution in [-0.4, -0.2) is 56.9 Å². The number of sulfonamides is 1. The number of unbranched alkanes of at least 4 members (excludes halogenated alkanes) is 1. The molecule has 0 radical (unpaired) electrons. The van der Waals surface area contributed by atoms with Crippen molar-refractivity contribution in [2.45, 2.75) is 12.8 Å². The van der Waals surface area contributed by atoms with Crippen molar-refractivity contribution < 1.29 is 23.1 Å². The van der Waals surface area contributed by atoms with E-state index in [2.05, 4.69) is 0 Å². The highest BCUT2D eigenvalue weighted by Gasteiger charge is 2.19. The summed E-state index contributed by atoms with van der Waals surface area (Å²) in [7, 11) is -0.629. The van der Waals surface area contributed by atoms with E-state index in [4.69, 9.17) is 9.84 Å². The molecule has 0 saturated heterocycles. The van der Waals surface area contributed by atoms with Crippen molar-refractivity contribution in [2.24, 2.45) is 0 Å². The normalized spacial score (nSPS) is 11.9. The van der Waals surface area contributed by atoms with E-state index in [9.17, 15) is 13.2 Å². The number of rotatable bonds is 8. The summed E-state index contributed by atoms with van der Waals surface area (Å²) in [6, 6.07) is 0. The molecule has 0 aliphatic heterocycles. The Hall–Kier alpha value is -0.660. The van der Waals surface area contributed by atoms with Gasteiger partial charge in [0.2, 0.25) is 10.0 Å². The molecule has 0 heterocycles. The Balaban J connectivity index is 4.00. The molecular weight excluding hydrogens is 222 g/mol. The Morgan fingerprint density at radius 3 is 2.47 bits per heavy atom. The molecule has 0 aromatic rings. The number of methoxy groups -OCH3 is 1. The van der Waals surface area contributed by atoms with Gasteiger partial charge in [0.15, 0.2) is 0 Å². The maximum atomic E-state index is 11.5. The quantitative estimate of drug-likeness (QED) is 0.591. The Morgan fingerprint density at radius 2 is 2.00 bits per heavy atom. The molecule has 90 valence electrons. The van der Waals surface area contributed by atoms with Gasteiger partial charge >= 0.3 is 5.97 Å². The number of ether oxygens (including phenoxy) is 1. The van der Waals surface area contributed by atoms with E-state index < -0.39 is 22.5 Å². The van der Waals surface area contributed by atoms with Gasteiger partial charge in [-0.3, -0.25) is 4.79 Å². The monoisotopic (exact) mass is 239 g/mol. The molecule has 0 fully saturated rings. The Kier molecular flexibility index (Phi) is 6.46. The molecule has 0 unspecified atom stereocenters. The first kappa shape index (κ1) is 14.3. The Labute approximate surface area is 89.9 Å². The van der Waals surface area contributed by atoms with Crippen LogP contribution >= 0.6 is 0 Å². The van der Waals surface area contributed by atoms with Crippen LogP contribution in [-0.2, 0) is 19.6 Å². The molecule has 0 atom stereocenters. The third kappa shape index (κ3) is 6.43. The minimum Gasteiger partial charge on any atom is -0.480 e. The summed E-state index contributed by atoms with van der Waals surface area (Å²) >= 11 is 0. The van der Waals surface area contributed by atoms with E-state index in [1.54, 1.807) is 7.11 Å². The summed E-state index contributed by atoms with van der Waals surface area (Å²) in [4.78, 5) is 10.3. The van der Waals surface area contributed by atoms with Gasteiger partial charge in [0.05, 0.1) is 5.75 Å². The number of hydrogen-bond acceptors (Lipinski definition) is 4. The van der Waals surface area contributed by atoms with Crippen molar-refractivity contribution >= 4 is 16.0 Å². The maximum Gasteiger partial charge on any atom is 0.318 e. The van der Waals surface area contributed by atoms with Crippen molar-refractivity contribution in [2.75, 3.05) is 33.1 Å². The fourth-order valence-corrected chi connectivity index (χ4v) is 2.16. The molecule has 7 heteroatoms. The number of hydrogen-bond donors (Lipinski definition) is 1. The zero-order valence-corrected chi connectivity index (χ0v) is 9.79. The summed E-state index contributed by atoms with van der Waals surface area (Å²) < 4.78 is 28.5.